The van der Waals surface area contributed by atoms with Crippen LogP contribution >= 0.6 is 0 Å². The molecule has 0 amide bonds. The molecule has 0 fully saturated rings. The van der Waals surface area contributed by atoms with Crippen LogP contribution in [0.3, 0.4) is 0 Å². The van der Waals surface area contributed by atoms with Crippen molar-refractivity contribution in [3.05, 3.63) is 194 Å². The quantitative estimate of drug-likeness (QED) is 0.180. The first-order chi connectivity index (χ1) is 26.8. The second-order valence-corrected chi connectivity index (χ2v) is 13.8. The van der Waals surface area contributed by atoms with E-state index in [2.05, 4.69) is 173 Å². The molecule has 0 radical (unpaired) electrons. The smallest absolute Gasteiger partial charge is 0.0973 e. The van der Waals surface area contributed by atoms with E-state index in [1.54, 1.807) is 0 Å². The summed E-state index contributed by atoms with van der Waals surface area (Å²) in [6, 6.07) is 68.9. The Kier molecular flexibility index (Phi) is 6.82. The number of hydrogen-bond acceptors (Lipinski definition) is 2. The lowest BCUT2D eigenvalue weighted by atomic mass is 9.99. The number of fused-ring (bicyclic) bond motifs is 8. The van der Waals surface area contributed by atoms with Crippen LogP contribution in [-0.4, -0.2) is 19.1 Å². The molecule has 0 spiro atoms. The molecular formula is C50H32N4. The van der Waals surface area contributed by atoms with Gasteiger partial charge < -0.3 is 9.13 Å². The van der Waals surface area contributed by atoms with E-state index < -0.39 is 0 Å². The van der Waals surface area contributed by atoms with Gasteiger partial charge in [0, 0.05) is 44.0 Å². The van der Waals surface area contributed by atoms with Gasteiger partial charge in [0.15, 0.2) is 0 Å². The molecule has 3 heterocycles. The second kappa shape index (κ2) is 12.1. The summed E-state index contributed by atoms with van der Waals surface area (Å²) in [5.74, 6) is 0. The second-order valence-electron chi connectivity index (χ2n) is 13.8. The Morgan fingerprint density at radius 1 is 0.296 bits per heavy atom. The van der Waals surface area contributed by atoms with Gasteiger partial charge in [-0.25, -0.2) is 9.97 Å². The Balaban J connectivity index is 1.18. The van der Waals surface area contributed by atoms with Crippen LogP contribution in [0.25, 0.3) is 99.7 Å². The summed E-state index contributed by atoms with van der Waals surface area (Å²) >= 11 is 0. The molecule has 0 aliphatic rings. The minimum absolute atomic E-state index is 0.854. The van der Waals surface area contributed by atoms with Crippen molar-refractivity contribution in [3.63, 3.8) is 0 Å². The van der Waals surface area contributed by atoms with Crippen LogP contribution < -0.4 is 0 Å². The maximum Gasteiger partial charge on any atom is 0.0973 e. The Morgan fingerprint density at radius 3 is 1.37 bits per heavy atom. The molecule has 0 saturated carbocycles. The molecule has 0 aliphatic carbocycles. The molecule has 0 saturated heterocycles. The number of hydrogen-bond donors (Lipinski definition) is 0. The summed E-state index contributed by atoms with van der Waals surface area (Å²) in [4.78, 5) is 10.6. The molecule has 3 aromatic heterocycles. The highest BCUT2D eigenvalue weighted by atomic mass is 15.0. The average Bonchev–Trinajstić information content (AvgIpc) is 3.77. The van der Waals surface area contributed by atoms with Gasteiger partial charge in [0.2, 0.25) is 0 Å². The van der Waals surface area contributed by atoms with Gasteiger partial charge >= 0.3 is 0 Å². The molecule has 11 rings (SSSR count). The number of aromatic nitrogens is 4. The van der Waals surface area contributed by atoms with Gasteiger partial charge in [-0.15, -0.1) is 0 Å². The molecule has 0 aliphatic heterocycles. The van der Waals surface area contributed by atoms with Gasteiger partial charge in [0.05, 0.1) is 44.5 Å². The van der Waals surface area contributed by atoms with Crippen molar-refractivity contribution < 1.29 is 0 Å². The highest BCUT2D eigenvalue weighted by molar-refractivity contribution is 6.23. The largest absolute Gasteiger partial charge is 0.307 e. The first-order valence-corrected chi connectivity index (χ1v) is 18.3. The Hall–Kier alpha value is -7.30. The van der Waals surface area contributed by atoms with Crippen LogP contribution in [0, 0.1) is 0 Å². The highest BCUT2D eigenvalue weighted by Crippen LogP contribution is 2.42. The van der Waals surface area contributed by atoms with Crippen LogP contribution in [0.5, 0.6) is 0 Å². The molecule has 0 N–H and O–H groups in total. The Labute approximate surface area is 311 Å². The number of benzene rings is 8. The average molecular weight is 689 g/mol. The summed E-state index contributed by atoms with van der Waals surface area (Å²) < 4.78 is 4.87. The zero-order valence-electron chi connectivity index (χ0n) is 29.3. The van der Waals surface area contributed by atoms with Crippen LogP contribution in [0.2, 0.25) is 0 Å². The van der Waals surface area contributed by atoms with Gasteiger partial charge in [-0.2, -0.15) is 0 Å². The fourth-order valence-corrected chi connectivity index (χ4v) is 8.26. The fraction of sp³-hybridized carbons (Fsp3) is 0. The zero-order chi connectivity index (χ0) is 35.6. The lowest BCUT2D eigenvalue weighted by Crippen LogP contribution is -2.00. The van der Waals surface area contributed by atoms with E-state index in [9.17, 15) is 0 Å². The van der Waals surface area contributed by atoms with Gasteiger partial charge in [-0.1, -0.05) is 146 Å². The number of rotatable bonds is 5. The third-order valence-electron chi connectivity index (χ3n) is 10.7. The van der Waals surface area contributed by atoms with Gasteiger partial charge in [-0.3, -0.25) is 0 Å². The molecule has 54 heavy (non-hydrogen) atoms. The highest BCUT2D eigenvalue weighted by Gasteiger charge is 2.22. The summed E-state index contributed by atoms with van der Waals surface area (Å²) in [5.41, 5.74) is 14.8. The summed E-state index contributed by atoms with van der Waals surface area (Å²) in [6.07, 6.45) is 0. The fourth-order valence-electron chi connectivity index (χ4n) is 8.26. The normalized spacial score (nSPS) is 11.7. The van der Waals surface area contributed by atoms with Crippen molar-refractivity contribution >= 4 is 54.6 Å². The SMILES string of the molecule is c1ccc(-c2ccc(-c3nc4ccccc4nc3-c3cccc(-n4c5ccccc5c5ccc6c7ccccc7n(-c7ccccc7)c6c54)c3)cc2)cc1. The maximum absolute atomic E-state index is 5.31. The van der Waals surface area contributed by atoms with Crippen molar-refractivity contribution in [2.75, 3.05) is 0 Å². The van der Waals surface area contributed by atoms with Gasteiger partial charge in [0.1, 0.15) is 0 Å². The lowest BCUT2D eigenvalue weighted by molar-refractivity contribution is 1.15. The number of para-hydroxylation sites is 5. The Bertz CT molecular complexity index is 3190. The standard InChI is InChI=1S/C50H32N4/c1-3-14-33(15-4-1)34-26-28-35(29-27-34)47-48(52-44-23-10-9-22-43(44)51-47)36-16-13-19-38(32-36)54-46-25-12-8-21-40(46)42-31-30-41-39-20-7-11-24-45(39)53(49(41)50(42)54)37-17-5-2-6-18-37/h1-32H. The first-order valence-electron chi connectivity index (χ1n) is 18.3. The van der Waals surface area contributed by atoms with E-state index >= 15 is 0 Å². The van der Waals surface area contributed by atoms with E-state index in [0.29, 0.717) is 0 Å². The van der Waals surface area contributed by atoms with Crippen molar-refractivity contribution in [3.8, 4) is 45.0 Å². The van der Waals surface area contributed by atoms with Crippen molar-refractivity contribution in [1.29, 1.82) is 0 Å². The van der Waals surface area contributed by atoms with Crippen LogP contribution in [0.15, 0.2) is 194 Å². The first kappa shape index (κ1) is 30.3. The molecule has 252 valence electrons. The molecule has 4 nitrogen and oxygen atoms in total. The molecule has 8 aromatic carbocycles. The number of nitrogens with zero attached hydrogens (tertiary/aromatic N) is 4. The van der Waals surface area contributed by atoms with Crippen LogP contribution in [0.1, 0.15) is 0 Å². The molecule has 0 atom stereocenters. The minimum Gasteiger partial charge on any atom is -0.307 e. The topological polar surface area (TPSA) is 35.6 Å². The summed E-state index contributed by atoms with van der Waals surface area (Å²) in [7, 11) is 0. The summed E-state index contributed by atoms with van der Waals surface area (Å²) in [6.45, 7) is 0. The zero-order valence-corrected chi connectivity index (χ0v) is 29.3. The third kappa shape index (κ3) is 4.70. The molecule has 0 unspecified atom stereocenters. The van der Waals surface area contributed by atoms with Crippen LogP contribution in [-0.2, 0) is 0 Å². The van der Waals surface area contributed by atoms with E-state index in [1.165, 1.54) is 49.2 Å². The van der Waals surface area contributed by atoms with Crippen molar-refractivity contribution in [1.82, 2.24) is 19.1 Å². The molecular weight excluding hydrogens is 657 g/mol. The van der Waals surface area contributed by atoms with E-state index in [1.807, 2.05) is 30.3 Å². The molecule has 4 heteroatoms. The van der Waals surface area contributed by atoms with Crippen molar-refractivity contribution in [2.45, 2.75) is 0 Å². The van der Waals surface area contributed by atoms with E-state index in [-0.39, 0.29) is 0 Å². The van der Waals surface area contributed by atoms with E-state index in [0.717, 1.165) is 50.4 Å². The van der Waals surface area contributed by atoms with Crippen LogP contribution in [0.4, 0.5) is 0 Å². The van der Waals surface area contributed by atoms with Gasteiger partial charge in [0.25, 0.3) is 0 Å². The maximum atomic E-state index is 5.31. The molecule has 11 aromatic rings. The predicted octanol–water partition coefficient (Wildman–Crippen LogP) is 12.8. The monoisotopic (exact) mass is 688 g/mol. The van der Waals surface area contributed by atoms with Gasteiger partial charge in [-0.05, 0) is 59.7 Å². The third-order valence-corrected chi connectivity index (χ3v) is 10.7. The Morgan fingerprint density at radius 2 is 0.741 bits per heavy atom. The lowest BCUT2D eigenvalue weighted by Gasteiger charge is -2.15. The van der Waals surface area contributed by atoms with Crippen molar-refractivity contribution in [2.24, 2.45) is 0 Å². The molecule has 0 bridgehead atoms. The van der Waals surface area contributed by atoms with E-state index in [4.69, 9.17) is 9.97 Å². The summed E-state index contributed by atoms with van der Waals surface area (Å²) in [5, 5.41) is 4.89. The predicted molar refractivity (Wildman–Crippen MR) is 225 cm³/mol. The minimum atomic E-state index is 0.854.